The van der Waals surface area contributed by atoms with E-state index in [0.717, 1.165) is 17.4 Å². The molecule has 0 amide bonds. The minimum atomic E-state index is -0.931. The summed E-state index contributed by atoms with van der Waals surface area (Å²) in [6, 6.07) is 7.53. The monoisotopic (exact) mass is 192 g/mol. The van der Waals surface area contributed by atoms with Crippen LogP contribution in [-0.2, 0) is 11.2 Å². The summed E-state index contributed by atoms with van der Waals surface area (Å²) in [6.07, 6.45) is 3.29. The van der Waals surface area contributed by atoms with E-state index in [9.17, 15) is 4.79 Å². The summed E-state index contributed by atoms with van der Waals surface area (Å²) < 4.78 is 5.12. The Morgan fingerprint density at radius 1 is 1.50 bits per heavy atom. The predicted octanol–water partition coefficient (Wildman–Crippen LogP) is 1.88. The van der Waals surface area contributed by atoms with Crippen molar-refractivity contribution in [3.63, 3.8) is 0 Å². The second-order valence-electron chi connectivity index (χ2n) is 2.76. The molecular formula is C11H12O3. The molecule has 0 spiro atoms. The third-order valence-corrected chi connectivity index (χ3v) is 1.79. The Balaban J connectivity index is 2.71. The van der Waals surface area contributed by atoms with Crippen molar-refractivity contribution in [1.82, 2.24) is 0 Å². The van der Waals surface area contributed by atoms with E-state index in [1.807, 2.05) is 24.3 Å². The summed E-state index contributed by atoms with van der Waals surface area (Å²) >= 11 is 0. The van der Waals surface area contributed by atoms with E-state index in [-0.39, 0.29) is 0 Å². The van der Waals surface area contributed by atoms with Gasteiger partial charge in [0.2, 0.25) is 0 Å². The van der Waals surface area contributed by atoms with Gasteiger partial charge >= 0.3 is 5.97 Å². The first-order valence-electron chi connectivity index (χ1n) is 4.25. The third kappa shape index (κ3) is 2.94. The molecule has 0 radical (unpaired) electrons. The minimum absolute atomic E-state index is 0.566. The summed E-state index contributed by atoms with van der Waals surface area (Å²) in [5.41, 5.74) is 0.979. The average molecular weight is 192 g/mol. The Labute approximate surface area is 82.6 Å². The van der Waals surface area contributed by atoms with Gasteiger partial charge in [-0.2, -0.15) is 0 Å². The summed E-state index contributed by atoms with van der Waals surface area (Å²) in [6.45, 7) is 0. The number of allylic oxidation sites excluding steroid dienone is 1. The number of methoxy groups -OCH3 is 1. The first kappa shape index (κ1) is 10.3. The Bertz CT molecular complexity index is 342. The van der Waals surface area contributed by atoms with Gasteiger partial charge in [-0.05, 0) is 18.1 Å². The highest BCUT2D eigenvalue weighted by Gasteiger charge is 1.98. The van der Waals surface area contributed by atoms with Crippen LogP contribution in [0.5, 0.6) is 5.75 Å². The summed E-state index contributed by atoms with van der Waals surface area (Å²) in [4.78, 5) is 10.2. The molecule has 1 aromatic carbocycles. The summed E-state index contributed by atoms with van der Waals surface area (Å²) in [5, 5.41) is 8.40. The molecular weight excluding hydrogens is 180 g/mol. The second-order valence-corrected chi connectivity index (χ2v) is 2.76. The number of para-hydroxylation sites is 1. The maximum absolute atomic E-state index is 10.2. The third-order valence-electron chi connectivity index (χ3n) is 1.79. The maximum Gasteiger partial charge on any atom is 0.327 e. The van der Waals surface area contributed by atoms with E-state index in [4.69, 9.17) is 9.84 Å². The molecule has 0 aliphatic heterocycles. The van der Waals surface area contributed by atoms with Crippen LogP contribution in [0.25, 0.3) is 0 Å². The largest absolute Gasteiger partial charge is 0.496 e. The first-order chi connectivity index (χ1) is 6.74. The Morgan fingerprint density at radius 3 is 2.86 bits per heavy atom. The van der Waals surface area contributed by atoms with E-state index in [1.165, 1.54) is 0 Å². The summed E-state index contributed by atoms with van der Waals surface area (Å²) in [7, 11) is 1.60. The van der Waals surface area contributed by atoms with Gasteiger partial charge in [0.15, 0.2) is 0 Å². The van der Waals surface area contributed by atoms with Crippen LogP contribution in [0.15, 0.2) is 36.4 Å². The first-order valence-corrected chi connectivity index (χ1v) is 4.25. The van der Waals surface area contributed by atoms with Crippen molar-refractivity contribution >= 4 is 5.97 Å². The van der Waals surface area contributed by atoms with Gasteiger partial charge in [-0.15, -0.1) is 0 Å². The molecule has 0 unspecified atom stereocenters. The maximum atomic E-state index is 10.2. The number of aliphatic carboxylic acids is 1. The number of ether oxygens (including phenoxy) is 1. The van der Waals surface area contributed by atoms with E-state index in [2.05, 4.69) is 0 Å². The van der Waals surface area contributed by atoms with Crippen LogP contribution in [0.1, 0.15) is 5.56 Å². The fourth-order valence-electron chi connectivity index (χ4n) is 1.16. The molecule has 0 saturated heterocycles. The van der Waals surface area contributed by atoms with Gasteiger partial charge in [0.1, 0.15) is 5.75 Å². The molecule has 0 aliphatic rings. The molecule has 0 aromatic heterocycles. The van der Waals surface area contributed by atoms with Crippen LogP contribution in [0.4, 0.5) is 0 Å². The van der Waals surface area contributed by atoms with Gasteiger partial charge in [0.25, 0.3) is 0 Å². The molecule has 14 heavy (non-hydrogen) atoms. The van der Waals surface area contributed by atoms with Gasteiger partial charge in [-0.25, -0.2) is 4.79 Å². The van der Waals surface area contributed by atoms with Crippen LogP contribution in [-0.4, -0.2) is 18.2 Å². The Kier molecular flexibility index (Phi) is 3.73. The molecule has 0 bridgehead atoms. The standard InChI is InChI=1S/C11H12O3/c1-14-10-7-3-2-5-9(10)6-4-8-11(12)13/h2-5,7-8H,6H2,1H3,(H,12,13)/b8-4+. The number of carboxylic acids is 1. The molecule has 1 N–H and O–H groups in total. The number of carbonyl (C=O) groups is 1. The van der Waals surface area contributed by atoms with Gasteiger partial charge in [-0.1, -0.05) is 24.3 Å². The van der Waals surface area contributed by atoms with Gasteiger partial charge in [0.05, 0.1) is 7.11 Å². The van der Waals surface area contributed by atoms with Crippen molar-refractivity contribution in [2.45, 2.75) is 6.42 Å². The highest BCUT2D eigenvalue weighted by molar-refractivity contribution is 5.79. The number of benzene rings is 1. The Hall–Kier alpha value is -1.77. The fourth-order valence-corrected chi connectivity index (χ4v) is 1.16. The lowest BCUT2D eigenvalue weighted by Gasteiger charge is -2.04. The molecule has 0 saturated carbocycles. The van der Waals surface area contributed by atoms with Crippen LogP contribution in [0, 0.1) is 0 Å². The predicted molar refractivity (Wildman–Crippen MR) is 53.5 cm³/mol. The van der Waals surface area contributed by atoms with Crippen LogP contribution in [0.3, 0.4) is 0 Å². The van der Waals surface area contributed by atoms with Crippen LogP contribution in [0.2, 0.25) is 0 Å². The zero-order chi connectivity index (χ0) is 10.4. The van der Waals surface area contributed by atoms with Crippen molar-refractivity contribution in [1.29, 1.82) is 0 Å². The van der Waals surface area contributed by atoms with Gasteiger partial charge in [-0.3, -0.25) is 0 Å². The quantitative estimate of drug-likeness (QED) is 0.741. The topological polar surface area (TPSA) is 46.5 Å². The molecule has 0 atom stereocenters. The SMILES string of the molecule is COc1ccccc1C/C=C/C(=O)O. The highest BCUT2D eigenvalue weighted by Crippen LogP contribution is 2.17. The van der Waals surface area contributed by atoms with Crippen molar-refractivity contribution in [3.8, 4) is 5.75 Å². The van der Waals surface area contributed by atoms with Crippen molar-refractivity contribution < 1.29 is 14.6 Å². The van der Waals surface area contributed by atoms with Crippen LogP contribution < -0.4 is 4.74 Å². The molecule has 0 heterocycles. The van der Waals surface area contributed by atoms with Crippen molar-refractivity contribution in [2.75, 3.05) is 7.11 Å². The normalized spacial score (nSPS) is 10.4. The number of rotatable bonds is 4. The minimum Gasteiger partial charge on any atom is -0.496 e. The fraction of sp³-hybridized carbons (Fsp3) is 0.182. The summed E-state index contributed by atoms with van der Waals surface area (Å²) in [5.74, 6) is -0.151. The molecule has 1 rings (SSSR count). The molecule has 0 fully saturated rings. The zero-order valence-corrected chi connectivity index (χ0v) is 7.93. The second kappa shape index (κ2) is 5.07. The zero-order valence-electron chi connectivity index (χ0n) is 7.93. The number of hydrogen-bond acceptors (Lipinski definition) is 2. The lowest BCUT2D eigenvalue weighted by atomic mass is 10.1. The van der Waals surface area contributed by atoms with E-state index < -0.39 is 5.97 Å². The highest BCUT2D eigenvalue weighted by atomic mass is 16.5. The van der Waals surface area contributed by atoms with Crippen LogP contribution >= 0.6 is 0 Å². The number of hydrogen-bond donors (Lipinski definition) is 1. The van der Waals surface area contributed by atoms with Crippen molar-refractivity contribution in [3.05, 3.63) is 42.0 Å². The van der Waals surface area contributed by atoms with E-state index >= 15 is 0 Å². The molecule has 1 aromatic rings. The lowest BCUT2D eigenvalue weighted by molar-refractivity contribution is -0.131. The van der Waals surface area contributed by atoms with E-state index in [0.29, 0.717) is 6.42 Å². The number of carboxylic acid groups (broad SMARTS) is 1. The van der Waals surface area contributed by atoms with E-state index in [1.54, 1.807) is 13.2 Å². The van der Waals surface area contributed by atoms with Gasteiger partial charge in [0, 0.05) is 6.08 Å². The molecule has 3 heteroatoms. The molecule has 0 aliphatic carbocycles. The smallest absolute Gasteiger partial charge is 0.327 e. The van der Waals surface area contributed by atoms with Gasteiger partial charge < -0.3 is 9.84 Å². The Morgan fingerprint density at radius 2 is 2.21 bits per heavy atom. The van der Waals surface area contributed by atoms with Crippen molar-refractivity contribution in [2.24, 2.45) is 0 Å². The lowest BCUT2D eigenvalue weighted by Crippen LogP contribution is -1.91. The molecule has 74 valence electrons. The average Bonchev–Trinajstić information content (AvgIpc) is 2.18. The molecule has 3 nitrogen and oxygen atoms in total.